The molecule has 1 aliphatic carbocycles. The van der Waals surface area contributed by atoms with Gasteiger partial charge in [-0.3, -0.25) is 4.79 Å². The summed E-state index contributed by atoms with van der Waals surface area (Å²) in [5, 5.41) is 0. The molecule has 132 valence electrons. The summed E-state index contributed by atoms with van der Waals surface area (Å²) in [6, 6.07) is 5.83. The molecule has 1 aliphatic heterocycles. The molecule has 0 spiro atoms. The summed E-state index contributed by atoms with van der Waals surface area (Å²) in [4.78, 5) is 11.9. The Morgan fingerprint density at radius 1 is 1.29 bits per heavy atom. The fourth-order valence-electron chi connectivity index (χ4n) is 3.91. The van der Waals surface area contributed by atoms with Crippen molar-refractivity contribution < 1.29 is 19.0 Å². The van der Waals surface area contributed by atoms with Gasteiger partial charge in [0.2, 0.25) is 0 Å². The number of ether oxygens (including phenoxy) is 3. The van der Waals surface area contributed by atoms with Crippen LogP contribution < -0.4 is 15.2 Å². The minimum atomic E-state index is -0.0488. The van der Waals surface area contributed by atoms with Gasteiger partial charge in [0, 0.05) is 24.1 Å². The average Bonchev–Trinajstić information content (AvgIpc) is 2.61. The number of fused-ring (bicyclic) bond motifs is 1. The molecular weight excluding hydrogens is 306 g/mol. The second kappa shape index (κ2) is 7.43. The molecule has 1 saturated carbocycles. The van der Waals surface area contributed by atoms with Crippen LogP contribution >= 0.6 is 0 Å². The molecule has 1 aromatic carbocycles. The van der Waals surface area contributed by atoms with Crippen LogP contribution in [-0.2, 0) is 9.53 Å². The molecule has 2 aliphatic rings. The summed E-state index contributed by atoms with van der Waals surface area (Å²) in [6.45, 7) is 2.31. The average molecular weight is 333 g/mol. The van der Waals surface area contributed by atoms with E-state index in [0.717, 1.165) is 49.2 Å². The molecule has 1 aromatic rings. The summed E-state index contributed by atoms with van der Waals surface area (Å²) >= 11 is 0. The van der Waals surface area contributed by atoms with E-state index in [1.807, 2.05) is 25.1 Å². The number of benzene rings is 1. The maximum absolute atomic E-state index is 11.9. The van der Waals surface area contributed by atoms with Gasteiger partial charge in [0.25, 0.3) is 0 Å². The Labute approximate surface area is 143 Å². The van der Waals surface area contributed by atoms with E-state index in [4.69, 9.17) is 19.9 Å². The van der Waals surface area contributed by atoms with Crippen LogP contribution in [0.5, 0.6) is 11.5 Å². The van der Waals surface area contributed by atoms with Crippen molar-refractivity contribution in [1.29, 1.82) is 0 Å². The molecule has 5 heteroatoms. The number of esters is 1. The van der Waals surface area contributed by atoms with Crippen molar-refractivity contribution in [3.05, 3.63) is 23.8 Å². The zero-order valence-corrected chi connectivity index (χ0v) is 14.5. The number of methoxy groups -OCH3 is 1. The number of carbonyl (C=O) groups is 1. The van der Waals surface area contributed by atoms with Crippen molar-refractivity contribution in [3.63, 3.8) is 0 Å². The van der Waals surface area contributed by atoms with Crippen molar-refractivity contribution in [3.8, 4) is 11.5 Å². The maximum atomic E-state index is 11.9. The first-order valence-electron chi connectivity index (χ1n) is 8.89. The number of carbonyl (C=O) groups excluding carboxylic acids is 1. The van der Waals surface area contributed by atoms with Gasteiger partial charge in [-0.2, -0.15) is 0 Å². The fourth-order valence-corrected chi connectivity index (χ4v) is 3.91. The van der Waals surface area contributed by atoms with Crippen LogP contribution in [0.25, 0.3) is 0 Å². The van der Waals surface area contributed by atoms with Crippen LogP contribution in [0.1, 0.15) is 50.6 Å². The third kappa shape index (κ3) is 3.51. The highest BCUT2D eigenvalue weighted by Crippen LogP contribution is 2.41. The van der Waals surface area contributed by atoms with Crippen LogP contribution in [0.2, 0.25) is 0 Å². The van der Waals surface area contributed by atoms with Crippen molar-refractivity contribution in [2.45, 2.75) is 51.2 Å². The first-order valence-corrected chi connectivity index (χ1v) is 8.89. The number of rotatable bonds is 4. The molecule has 1 fully saturated rings. The van der Waals surface area contributed by atoms with E-state index in [-0.39, 0.29) is 24.0 Å². The van der Waals surface area contributed by atoms with Crippen molar-refractivity contribution in [2.24, 2.45) is 17.6 Å². The lowest BCUT2D eigenvalue weighted by Crippen LogP contribution is -2.38. The van der Waals surface area contributed by atoms with E-state index < -0.39 is 0 Å². The summed E-state index contributed by atoms with van der Waals surface area (Å²) in [7, 11) is 1.65. The minimum Gasteiger partial charge on any atom is -0.497 e. The molecule has 2 N–H and O–H groups in total. The number of hydrogen-bond donors (Lipinski definition) is 1. The smallest absolute Gasteiger partial charge is 0.308 e. The Bertz CT molecular complexity index is 581. The predicted octanol–water partition coefficient (Wildman–Crippen LogP) is 3.22. The van der Waals surface area contributed by atoms with Gasteiger partial charge in [0.05, 0.1) is 19.6 Å². The molecule has 24 heavy (non-hydrogen) atoms. The van der Waals surface area contributed by atoms with Gasteiger partial charge in [-0.05, 0) is 44.6 Å². The quantitative estimate of drug-likeness (QED) is 0.857. The Balaban J connectivity index is 1.64. The van der Waals surface area contributed by atoms with E-state index in [1.165, 1.54) is 0 Å². The van der Waals surface area contributed by atoms with Crippen LogP contribution in [0.3, 0.4) is 0 Å². The van der Waals surface area contributed by atoms with E-state index in [9.17, 15) is 4.79 Å². The number of nitrogens with two attached hydrogens (primary N) is 1. The molecule has 0 amide bonds. The Kier molecular flexibility index (Phi) is 5.29. The van der Waals surface area contributed by atoms with Gasteiger partial charge in [-0.25, -0.2) is 0 Å². The lowest BCUT2D eigenvalue weighted by atomic mass is 9.77. The number of hydrogen-bond acceptors (Lipinski definition) is 5. The van der Waals surface area contributed by atoms with Gasteiger partial charge in [-0.15, -0.1) is 0 Å². The van der Waals surface area contributed by atoms with Gasteiger partial charge < -0.3 is 19.9 Å². The van der Waals surface area contributed by atoms with E-state index in [0.29, 0.717) is 12.5 Å². The van der Waals surface area contributed by atoms with E-state index in [1.54, 1.807) is 7.11 Å². The van der Waals surface area contributed by atoms with Gasteiger partial charge >= 0.3 is 5.97 Å². The molecule has 5 nitrogen and oxygen atoms in total. The normalized spacial score (nSPS) is 29.3. The van der Waals surface area contributed by atoms with Crippen LogP contribution in [0, 0.1) is 11.8 Å². The van der Waals surface area contributed by atoms with Crippen LogP contribution in [-0.4, -0.2) is 25.8 Å². The minimum absolute atomic E-state index is 0.00700. The van der Waals surface area contributed by atoms with Gasteiger partial charge in [0.1, 0.15) is 17.6 Å². The second-order valence-corrected chi connectivity index (χ2v) is 6.77. The third-order valence-electron chi connectivity index (χ3n) is 5.30. The van der Waals surface area contributed by atoms with Gasteiger partial charge in [-0.1, -0.05) is 6.07 Å². The molecule has 0 unspecified atom stereocenters. The topological polar surface area (TPSA) is 70.8 Å². The maximum Gasteiger partial charge on any atom is 0.308 e. The zero-order valence-electron chi connectivity index (χ0n) is 14.5. The highest BCUT2D eigenvalue weighted by atomic mass is 16.5. The predicted molar refractivity (Wildman–Crippen MR) is 91.0 cm³/mol. The fraction of sp³-hybridized carbons (Fsp3) is 0.632. The van der Waals surface area contributed by atoms with Crippen LogP contribution in [0.15, 0.2) is 18.2 Å². The lowest BCUT2D eigenvalue weighted by molar-refractivity contribution is -0.149. The second-order valence-electron chi connectivity index (χ2n) is 6.77. The molecule has 0 radical (unpaired) electrons. The Morgan fingerprint density at radius 2 is 2.04 bits per heavy atom. The molecule has 0 saturated heterocycles. The van der Waals surface area contributed by atoms with Crippen molar-refractivity contribution in [2.75, 3.05) is 13.7 Å². The first-order chi connectivity index (χ1) is 11.6. The molecule has 0 bridgehead atoms. The van der Waals surface area contributed by atoms with Gasteiger partial charge in [0.15, 0.2) is 0 Å². The van der Waals surface area contributed by atoms with E-state index >= 15 is 0 Å². The van der Waals surface area contributed by atoms with E-state index in [2.05, 4.69) is 0 Å². The summed E-state index contributed by atoms with van der Waals surface area (Å²) < 4.78 is 16.7. The van der Waals surface area contributed by atoms with Crippen LogP contribution in [0.4, 0.5) is 0 Å². The standard InChI is InChI=1S/C19H27NO4/c1-3-23-19(21)13-6-4-12(5-7-13)17-11-16(20)15-9-8-14(22-2)10-18(15)24-17/h8-10,12-13,16-17H,3-7,11,20H2,1-2H3/t12?,13?,16-,17-/m1/s1. The molecule has 1 heterocycles. The van der Waals surface area contributed by atoms with Crippen molar-refractivity contribution >= 4 is 5.97 Å². The highest BCUT2D eigenvalue weighted by Gasteiger charge is 2.36. The SMILES string of the molecule is CCOC(=O)C1CCC([C@H]2C[C@@H](N)c3ccc(OC)cc3O2)CC1. The Morgan fingerprint density at radius 3 is 2.71 bits per heavy atom. The molecule has 3 rings (SSSR count). The summed E-state index contributed by atoms with van der Waals surface area (Å²) in [5.74, 6) is 2.07. The zero-order chi connectivity index (χ0) is 17.1. The summed E-state index contributed by atoms with van der Waals surface area (Å²) in [6.07, 6.45) is 4.67. The molecular formula is C19H27NO4. The lowest BCUT2D eigenvalue weighted by Gasteiger charge is -2.38. The van der Waals surface area contributed by atoms with Crippen molar-refractivity contribution in [1.82, 2.24) is 0 Å². The first kappa shape index (κ1) is 17.1. The highest BCUT2D eigenvalue weighted by molar-refractivity contribution is 5.72. The molecule has 0 aromatic heterocycles. The third-order valence-corrected chi connectivity index (χ3v) is 5.30. The Hall–Kier alpha value is -1.75. The summed E-state index contributed by atoms with van der Waals surface area (Å²) in [5.41, 5.74) is 7.40. The largest absolute Gasteiger partial charge is 0.497 e. The molecule has 2 atom stereocenters. The monoisotopic (exact) mass is 333 g/mol.